The number of nitrogens with one attached hydrogen (secondary N) is 3. The molecule has 0 aliphatic carbocycles. The molecular weight excluding hydrogens is 598 g/mol. The van der Waals surface area contributed by atoms with Crippen LogP contribution in [0.25, 0.3) is 0 Å². The van der Waals surface area contributed by atoms with E-state index in [1.165, 1.54) is 6.92 Å². The molecule has 0 saturated carbocycles. The summed E-state index contributed by atoms with van der Waals surface area (Å²) in [5.74, 6) is -2.05. The average Bonchev–Trinajstić information content (AvgIpc) is 3.78. The van der Waals surface area contributed by atoms with E-state index in [1.807, 2.05) is 88.4 Å². The van der Waals surface area contributed by atoms with Gasteiger partial charge in [-0.05, 0) is 62.0 Å². The molecule has 0 bridgehead atoms. The maximum atomic E-state index is 13.9. The molecule has 0 aromatic heterocycles. The lowest BCUT2D eigenvalue weighted by molar-refractivity contribution is -0.154. The highest BCUT2D eigenvalue weighted by Crippen LogP contribution is 2.29. The fourth-order valence-electron chi connectivity index (χ4n) is 5.35. The first-order valence-electron chi connectivity index (χ1n) is 16.6. The van der Waals surface area contributed by atoms with Crippen molar-refractivity contribution in [1.29, 1.82) is 0 Å². The van der Waals surface area contributed by atoms with Gasteiger partial charge in [0.2, 0.25) is 11.8 Å². The third kappa shape index (κ3) is 12.6. The van der Waals surface area contributed by atoms with Gasteiger partial charge in [0.15, 0.2) is 11.9 Å². The molecule has 2 aromatic carbocycles. The summed E-state index contributed by atoms with van der Waals surface area (Å²) in [6, 6.07) is 16.0. The van der Waals surface area contributed by atoms with E-state index in [0.717, 1.165) is 11.1 Å². The minimum absolute atomic E-state index is 0.122. The Morgan fingerprint density at radius 2 is 1.26 bits per heavy atom. The molecule has 47 heavy (non-hydrogen) atoms. The van der Waals surface area contributed by atoms with Crippen molar-refractivity contribution < 1.29 is 33.4 Å². The normalized spacial score (nSPS) is 18.0. The van der Waals surface area contributed by atoms with Gasteiger partial charge in [-0.15, -0.1) is 0 Å². The summed E-state index contributed by atoms with van der Waals surface area (Å²) >= 11 is 0. The van der Waals surface area contributed by atoms with Crippen LogP contribution in [0.3, 0.4) is 0 Å². The minimum atomic E-state index is -1.10. The number of amides is 3. The number of Topliss-reactive ketones (excluding diaryl/α,β-unsaturated/α-hetero) is 1. The summed E-state index contributed by atoms with van der Waals surface area (Å²) in [5.41, 5.74) is 0.879. The second kappa shape index (κ2) is 17.8. The Bertz CT molecular complexity index is 1340. The van der Waals surface area contributed by atoms with Crippen molar-refractivity contribution in [2.75, 3.05) is 6.61 Å². The molecule has 3 N–H and O–H groups in total. The zero-order chi connectivity index (χ0) is 34.6. The van der Waals surface area contributed by atoms with Gasteiger partial charge in [-0.3, -0.25) is 24.0 Å². The van der Waals surface area contributed by atoms with Gasteiger partial charge in [0.25, 0.3) is 5.91 Å². The second-order valence-corrected chi connectivity index (χ2v) is 13.5. The van der Waals surface area contributed by atoms with Gasteiger partial charge in [-0.25, -0.2) is 0 Å². The number of hydrogen-bond donors (Lipinski definition) is 3. The molecule has 0 radical (unpaired) electrons. The van der Waals surface area contributed by atoms with Crippen LogP contribution in [0.2, 0.25) is 0 Å². The summed E-state index contributed by atoms with van der Waals surface area (Å²) in [5, 5.41) is 8.57. The van der Waals surface area contributed by atoms with E-state index in [2.05, 4.69) is 16.0 Å². The highest BCUT2D eigenvalue weighted by Gasteiger charge is 2.50. The molecule has 1 fully saturated rings. The van der Waals surface area contributed by atoms with Crippen LogP contribution in [0.5, 0.6) is 0 Å². The quantitative estimate of drug-likeness (QED) is 0.154. The van der Waals surface area contributed by atoms with Crippen molar-refractivity contribution in [1.82, 2.24) is 16.0 Å². The maximum Gasteiger partial charge on any atom is 0.303 e. The molecule has 10 heteroatoms. The predicted octanol–water partition coefficient (Wildman–Crippen LogP) is 4.09. The number of epoxide rings is 1. The minimum Gasteiger partial charge on any atom is -0.452 e. The van der Waals surface area contributed by atoms with Crippen LogP contribution < -0.4 is 16.0 Å². The first kappa shape index (κ1) is 37.4. The average molecular weight is 650 g/mol. The Balaban J connectivity index is 1.81. The fourth-order valence-corrected chi connectivity index (χ4v) is 5.35. The summed E-state index contributed by atoms with van der Waals surface area (Å²) in [7, 11) is 0. The zero-order valence-electron chi connectivity index (χ0n) is 28.5. The molecule has 3 amide bonds. The third-order valence-electron chi connectivity index (χ3n) is 8.16. The van der Waals surface area contributed by atoms with Crippen molar-refractivity contribution in [2.24, 2.45) is 11.8 Å². The smallest absolute Gasteiger partial charge is 0.303 e. The van der Waals surface area contributed by atoms with Crippen molar-refractivity contribution in [3.8, 4) is 0 Å². The second-order valence-electron chi connectivity index (χ2n) is 13.5. The Morgan fingerprint density at radius 1 is 0.723 bits per heavy atom. The van der Waals surface area contributed by atoms with Gasteiger partial charge in [0.05, 0.1) is 12.6 Å². The number of benzene rings is 2. The topological polar surface area (TPSA) is 143 Å². The molecule has 3 rings (SSSR count). The van der Waals surface area contributed by atoms with Crippen LogP contribution in [-0.2, 0) is 46.3 Å². The Morgan fingerprint density at radius 3 is 1.79 bits per heavy atom. The van der Waals surface area contributed by atoms with Crippen LogP contribution in [-0.4, -0.2) is 65.9 Å². The molecule has 1 saturated heterocycles. The molecule has 0 spiro atoms. The zero-order valence-corrected chi connectivity index (χ0v) is 28.5. The molecule has 1 aliphatic heterocycles. The van der Waals surface area contributed by atoms with Gasteiger partial charge in [0.1, 0.15) is 17.7 Å². The first-order valence-corrected chi connectivity index (χ1v) is 16.6. The van der Waals surface area contributed by atoms with E-state index in [1.54, 1.807) is 6.92 Å². The largest absolute Gasteiger partial charge is 0.452 e. The Hall–Kier alpha value is -4.05. The number of rotatable bonds is 19. The number of ether oxygens (including phenoxy) is 2. The summed E-state index contributed by atoms with van der Waals surface area (Å²) < 4.78 is 10.8. The number of carbonyl (C=O) groups is 5. The Labute approximate surface area is 278 Å². The van der Waals surface area contributed by atoms with Crippen LogP contribution >= 0.6 is 0 Å². The van der Waals surface area contributed by atoms with E-state index in [0.29, 0.717) is 32.3 Å². The lowest BCUT2D eigenvalue weighted by atomic mass is 9.93. The molecule has 256 valence electrons. The monoisotopic (exact) mass is 649 g/mol. The Kier molecular flexibility index (Phi) is 14.1. The standard InChI is InChI=1S/C37H51N3O7/c1-24(2)17-19-29(38-36(45)32(47-26(5)41)20-18-27-13-9-7-10-14-27)34(43)40-31(22-28-15-11-8-12-16-28)35(44)39-30(21-25(3)4)33(42)37(6)23-46-37/h7-16,24-25,29-32H,17-23H2,1-6H3,(H,38,45)(H,39,44)(H,40,43)/t29-,30?,31-,32-,37+/m0/s1. The summed E-state index contributed by atoms with van der Waals surface area (Å²) in [6.07, 6.45) is 1.16. The van der Waals surface area contributed by atoms with Gasteiger partial charge < -0.3 is 25.4 Å². The highest BCUT2D eigenvalue weighted by atomic mass is 16.6. The van der Waals surface area contributed by atoms with Gasteiger partial charge >= 0.3 is 5.97 Å². The predicted molar refractivity (Wildman–Crippen MR) is 179 cm³/mol. The molecular formula is C37H51N3O7. The molecule has 1 unspecified atom stereocenters. The lowest BCUT2D eigenvalue weighted by Gasteiger charge is -2.27. The van der Waals surface area contributed by atoms with Crippen LogP contribution in [0.1, 0.15) is 78.4 Å². The van der Waals surface area contributed by atoms with Gasteiger partial charge in [-0.2, -0.15) is 0 Å². The van der Waals surface area contributed by atoms with Crippen LogP contribution in [0.4, 0.5) is 0 Å². The number of aryl methyl sites for hydroxylation is 1. The van der Waals surface area contributed by atoms with Gasteiger partial charge in [0, 0.05) is 13.3 Å². The van der Waals surface area contributed by atoms with Crippen molar-refractivity contribution >= 4 is 29.5 Å². The molecule has 10 nitrogen and oxygen atoms in total. The first-order chi connectivity index (χ1) is 22.3. The maximum absolute atomic E-state index is 13.9. The summed E-state index contributed by atoms with van der Waals surface area (Å²) in [6.45, 7) is 11.2. The van der Waals surface area contributed by atoms with Crippen molar-refractivity contribution in [3.05, 3.63) is 71.8 Å². The van der Waals surface area contributed by atoms with E-state index in [9.17, 15) is 24.0 Å². The number of hydrogen-bond acceptors (Lipinski definition) is 7. The van der Waals surface area contributed by atoms with Gasteiger partial charge in [-0.1, -0.05) is 88.4 Å². The van der Waals surface area contributed by atoms with Crippen molar-refractivity contribution in [2.45, 2.75) is 110 Å². The molecule has 1 aliphatic rings. The fraction of sp³-hybridized carbons (Fsp3) is 0.541. The van der Waals surface area contributed by atoms with E-state index in [-0.39, 0.29) is 30.5 Å². The highest BCUT2D eigenvalue weighted by molar-refractivity contribution is 5.98. The molecule has 1 heterocycles. The molecule has 2 aromatic rings. The van der Waals surface area contributed by atoms with Crippen molar-refractivity contribution in [3.63, 3.8) is 0 Å². The SMILES string of the molecule is CC(=O)O[C@@H](CCc1ccccc1)C(=O)N[C@@H](CCC(C)C)C(=O)N[C@@H](Cc1ccccc1)C(=O)NC(CC(C)C)C(=O)[C@@]1(C)CO1. The molecule has 5 atom stereocenters. The van der Waals surface area contributed by atoms with E-state index >= 15 is 0 Å². The number of ketones is 1. The lowest BCUT2D eigenvalue weighted by Crippen LogP contribution is -2.58. The van der Waals surface area contributed by atoms with E-state index < -0.39 is 53.5 Å². The third-order valence-corrected chi connectivity index (χ3v) is 8.16. The van der Waals surface area contributed by atoms with Crippen LogP contribution in [0, 0.1) is 11.8 Å². The summed E-state index contributed by atoms with van der Waals surface area (Å²) in [4.78, 5) is 66.4. The number of esters is 1. The van der Waals surface area contributed by atoms with Crippen LogP contribution in [0.15, 0.2) is 60.7 Å². The van der Waals surface area contributed by atoms with E-state index in [4.69, 9.17) is 9.47 Å². The number of carbonyl (C=O) groups excluding carboxylic acids is 5.